The van der Waals surface area contributed by atoms with Gasteiger partial charge in [0.1, 0.15) is 5.52 Å². The minimum atomic E-state index is 0.0442. The Morgan fingerprint density at radius 3 is 2.59 bits per heavy atom. The molecule has 3 aromatic rings. The van der Waals surface area contributed by atoms with E-state index in [1.165, 1.54) is 12.8 Å². The highest BCUT2D eigenvalue weighted by Crippen LogP contribution is 2.35. The summed E-state index contributed by atoms with van der Waals surface area (Å²) in [7, 11) is 0. The smallest absolute Gasteiger partial charge is 0.132 e. The second-order valence-corrected chi connectivity index (χ2v) is 6.24. The molecule has 2 aromatic carbocycles. The topological polar surface area (TPSA) is 50.9 Å². The minimum absolute atomic E-state index is 0.0442. The van der Waals surface area contributed by atoms with E-state index < -0.39 is 0 Å². The van der Waals surface area contributed by atoms with E-state index >= 15 is 0 Å². The van der Waals surface area contributed by atoms with Crippen molar-refractivity contribution in [3.05, 3.63) is 47.0 Å². The maximum Gasteiger partial charge on any atom is 0.132 e. The molecule has 0 atom stereocenters. The molecule has 1 aliphatic carbocycles. The van der Waals surface area contributed by atoms with Gasteiger partial charge in [-0.1, -0.05) is 47.1 Å². The van der Waals surface area contributed by atoms with Gasteiger partial charge in [0, 0.05) is 12.1 Å². The van der Waals surface area contributed by atoms with Crippen LogP contribution in [0.25, 0.3) is 22.2 Å². The summed E-state index contributed by atoms with van der Waals surface area (Å²) in [6, 6.07) is 11.8. The first-order valence-corrected chi connectivity index (χ1v) is 7.86. The summed E-state index contributed by atoms with van der Waals surface area (Å²) in [5, 5.41) is 18.3. The Balaban J connectivity index is 1.76. The van der Waals surface area contributed by atoms with Gasteiger partial charge in [0.05, 0.1) is 17.1 Å². The number of hydrogen-bond acceptors (Lipinski definition) is 3. The SMILES string of the molecule is OCc1ccc(-c2ccc3c(nnn3CC3CC3)c2Cl)cc1. The van der Waals surface area contributed by atoms with Crippen molar-refractivity contribution in [3.63, 3.8) is 0 Å². The lowest BCUT2D eigenvalue weighted by Crippen LogP contribution is -2.01. The predicted molar refractivity (Wildman–Crippen MR) is 86.6 cm³/mol. The van der Waals surface area contributed by atoms with Crippen molar-refractivity contribution < 1.29 is 5.11 Å². The van der Waals surface area contributed by atoms with E-state index in [1.807, 2.05) is 41.1 Å². The molecular formula is C17H16ClN3O. The van der Waals surface area contributed by atoms with E-state index in [0.717, 1.165) is 40.2 Å². The Labute approximate surface area is 133 Å². The van der Waals surface area contributed by atoms with Gasteiger partial charge in [-0.05, 0) is 36.0 Å². The zero-order valence-electron chi connectivity index (χ0n) is 12.0. The van der Waals surface area contributed by atoms with Crippen LogP contribution in [-0.4, -0.2) is 20.1 Å². The molecular weight excluding hydrogens is 298 g/mol. The van der Waals surface area contributed by atoms with Crippen LogP contribution in [0.3, 0.4) is 0 Å². The van der Waals surface area contributed by atoms with Gasteiger partial charge in [-0.15, -0.1) is 5.10 Å². The zero-order valence-corrected chi connectivity index (χ0v) is 12.8. The number of rotatable bonds is 4. The van der Waals surface area contributed by atoms with Gasteiger partial charge in [-0.3, -0.25) is 0 Å². The average Bonchev–Trinajstić information content (AvgIpc) is 3.27. The van der Waals surface area contributed by atoms with Crippen molar-refractivity contribution >= 4 is 22.6 Å². The van der Waals surface area contributed by atoms with E-state index in [1.54, 1.807) is 0 Å². The fourth-order valence-electron chi connectivity index (χ4n) is 2.70. The van der Waals surface area contributed by atoms with Crippen LogP contribution in [0.5, 0.6) is 0 Å². The molecule has 0 saturated heterocycles. The molecule has 1 heterocycles. The van der Waals surface area contributed by atoms with E-state index in [4.69, 9.17) is 16.7 Å². The van der Waals surface area contributed by atoms with Crippen molar-refractivity contribution in [2.45, 2.75) is 26.0 Å². The Bertz CT molecular complexity index is 822. The van der Waals surface area contributed by atoms with E-state index in [9.17, 15) is 0 Å². The molecule has 1 aliphatic rings. The molecule has 4 rings (SSSR count). The monoisotopic (exact) mass is 313 g/mol. The van der Waals surface area contributed by atoms with Crippen LogP contribution in [0, 0.1) is 5.92 Å². The van der Waals surface area contributed by atoms with Crippen LogP contribution < -0.4 is 0 Å². The van der Waals surface area contributed by atoms with Crippen molar-refractivity contribution in [1.29, 1.82) is 0 Å². The Morgan fingerprint density at radius 2 is 1.91 bits per heavy atom. The molecule has 112 valence electrons. The van der Waals surface area contributed by atoms with Crippen molar-refractivity contribution in [3.8, 4) is 11.1 Å². The van der Waals surface area contributed by atoms with Crippen molar-refractivity contribution in [2.24, 2.45) is 5.92 Å². The molecule has 0 unspecified atom stereocenters. The quantitative estimate of drug-likeness (QED) is 0.800. The maximum atomic E-state index is 9.13. The first-order chi connectivity index (χ1) is 10.8. The standard InChI is InChI=1S/C17H16ClN3O/c18-16-14(13-5-3-12(10-22)4-6-13)7-8-15-17(16)19-20-21(15)9-11-1-2-11/h3-8,11,22H,1-2,9-10H2. The van der Waals surface area contributed by atoms with E-state index in [-0.39, 0.29) is 6.61 Å². The minimum Gasteiger partial charge on any atom is -0.392 e. The number of fused-ring (bicyclic) bond motifs is 1. The lowest BCUT2D eigenvalue weighted by molar-refractivity contribution is 0.282. The number of nitrogens with zero attached hydrogens (tertiary/aromatic N) is 3. The Morgan fingerprint density at radius 1 is 1.14 bits per heavy atom. The summed E-state index contributed by atoms with van der Waals surface area (Å²) < 4.78 is 1.96. The van der Waals surface area contributed by atoms with Gasteiger partial charge >= 0.3 is 0 Å². The summed E-state index contributed by atoms with van der Waals surface area (Å²) in [5.74, 6) is 0.745. The summed E-state index contributed by atoms with van der Waals surface area (Å²) in [6.45, 7) is 0.972. The number of benzene rings is 2. The summed E-state index contributed by atoms with van der Waals surface area (Å²) in [6.07, 6.45) is 2.56. The third-order valence-electron chi connectivity index (χ3n) is 4.20. The molecule has 0 radical (unpaired) electrons. The van der Waals surface area contributed by atoms with Crippen LogP contribution in [0.2, 0.25) is 5.02 Å². The molecule has 0 spiro atoms. The normalized spacial score (nSPS) is 14.6. The second-order valence-electron chi connectivity index (χ2n) is 5.86. The molecule has 22 heavy (non-hydrogen) atoms. The molecule has 1 fully saturated rings. The number of aliphatic hydroxyl groups is 1. The zero-order chi connectivity index (χ0) is 15.1. The van der Waals surface area contributed by atoms with Gasteiger partial charge in [0.25, 0.3) is 0 Å². The summed E-state index contributed by atoms with van der Waals surface area (Å²) >= 11 is 6.55. The molecule has 1 aromatic heterocycles. The highest BCUT2D eigenvalue weighted by atomic mass is 35.5. The fourth-order valence-corrected chi connectivity index (χ4v) is 3.00. The lowest BCUT2D eigenvalue weighted by atomic mass is 10.0. The fraction of sp³-hybridized carbons (Fsp3) is 0.294. The first-order valence-electron chi connectivity index (χ1n) is 7.48. The molecule has 0 amide bonds. The molecule has 0 bridgehead atoms. The van der Waals surface area contributed by atoms with Gasteiger partial charge < -0.3 is 5.11 Å². The number of aromatic nitrogens is 3. The van der Waals surface area contributed by atoms with Crippen LogP contribution in [-0.2, 0) is 13.2 Å². The van der Waals surface area contributed by atoms with E-state index in [0.29, 0.717) is 5.02 Å². The van der Waals surface area contributed by atoms with Gasteiger partial charge in [0.15, 0.2) is 0 Å². The molecule has 1 N–H and O–H groups in total. The molecule has 4 nitrogen and oxygen atoms in total. The van der Waals surface area contributed by atoms with Crippen molar-refractivity contribution in [1.82, 2.24) is 15.0 Å². The van der Waals surface area contributed by atoms with Crippen LogP contribution in [0.15, 0.2) is 36.4 Å². The number of halogens is 1. The van der Waals surface area contributed by atoms with Crippen LogP contribution >= 0.6 is 11.6 Å². The number of hydrogen-bond donors (Lipinski definition) is 1. The lowest BCUT2D eigenvalue weighted by Gasteiger charge is -2.07. The third kappa shape index (κ3) is 2.38. The summed E-state index contributed by atoms with van der Waals surface area (Å²) in [4.78, 5) is 0. The van der Waals surface area contributed by atoms with Crippen molar-refractivity contribution in [2.75, 3.05) is 0 Å². The summed E-state index contributed by atoms with van der Waals surface area (Å²) in [5.41, 5.74) is 4.59. The van der Waals surface area contributed by atoms with Gasteiger partial charge in [-0.2, -0.15) is 0 Å². The second kappa shape index (κ2) is 5.38. The number of aliphatic hydroxyl groups excluding tert-OH is 1. The third-order valence-corrected chi connectivity index (χ3v) is 4.58. The molecule has 0 aliphatic heterocycles. The Hall–Kier alpha value is -1.91. The molecule has 1 saturated carbocycles. The van der Waals surface area contributed by atoms with Gasteiger partial charge in [-0.25, -0.2) is 4.68 Å². The average molecular weight is 314 g/mol. The Kier molecular flexibility index (Phi) is 3.36. The van der Waals surface area contributed by atoms with Crippen LogP contribution in [0.1, 0.15) is 18.4 Å². The highest BCUT2D eigenvalue weighted by molar-refractivity contribution is 6.37. The molecule has 5 heteroatoms. The highest BCUT2D eigenvalue weighted by Gasteiger charge is 2.23. The van der Waals surface area contributed by atoms with E-state index in [2.05, 4.69) is 10.3 Å². The van der Waals surface area contributed by atoms with Gasteiger partial charge in [0.2, 0.25) is 0 Å². The maximum absolute atomic E-state index is 9.13. The predicted octanol–water partition coefficient (Wildman–Crippen LogP) is 3.65. The largest absolute Gasteiger partial charge is 0.392 e. The first kappa shape index (κ1) is 13.7. The van der Waals surface area contributed by atoms with Crippen LogP contribution in [0.4, 0.5) is 0 Å².